The highest BCUT2D eigenvalue weighted by Crippen LogP contribution is 2.41. The van der Waals surface area contributed by atoms with E-state index in [2.05, 4.69) is 0 Å². The number of methoxy groups -OCH3 is 3. The van der Waals surface area contributed by atoms with Gasteiger partial charge in [-0.15, -0.1) is 0 Å². The van der Waals surface area contributed by atoms with Crippen molar-refractivity contribution in [3.63, 3.8) is 0 Å². The van der Waals surface area contributed by atoms with Crippen LogP contribution in [0.1, 0.15) is 17.2 Å². The van der Waals surface area contributed by atoms with Gasteiger partial charge in [-0.25, -0.2) is 9.59 Å². The number of esters is 2. The molecule has 1 aliphatic rings. The van der Waals surface area contributed by atoms with Crippen LogP contribution in [0.25, 0.3) is 6.08 Å². The molecule has 3 aromatic rings. The summed E-state index contributed by atoms with van der Waals surface area (Å²) in [6.45, 7) is 0. The fourth-order valence-corrected chi connectivity index (χ4v) is 4.19. The zero-order chi connectivity index (χ0) is 27.9. The van der Waals surface area contributed by atoms with E-state index in [-0.39, 0.29) is 17.0 Å². The number of para-hydroxylation sites is 1. The summed E-state index contributed by atoms with van der Waals surface area (Å²) in [7, 11) is 3.99. The van der Waals surface area contributed by atoms with Crippen LogP contribution >= 0.6 is 0 Å². The molecule has 0 amide bonds. The first-order valence-corrected chi connectivity index (χ1v) is 11.8. The molecule has 0 saturated heterocycles. The summed E-state index contributed by atoms with van der Waals surface area (Å²) in [6, 6.07) is 21.8. The normalized spacial score (nSPS) is 17.2. The molecule has 10 nitrogen and oxygen atoms in total. The predicted octanol–water partition coefficient (Wildman–Crippen LogP) is 4.82. The molecule has 10 heteroatoms. The van der Waals surface area contributed by atoms with E-state index in [1.807, 2.05) is 36.4 Å². The monoisotopic (exact) mass is 530 g/mol. The maximum Gasteiger partial charge on any atom is 0.355 e. The van der Waals surface area contributed by atoms with Gasteiger partial charge in [0.2, 0.25) is 0 Å². The third-order valence-corrected chi connectivity index (χ3v) is 6.08. The second-order valence-corrected chi connectivity index (χ2v) is 8.34. The lowest BCUT2D eigenvalue weighted by atomic mass is 9.96. The highest BCUT2D eigenvalue weighted by atomic mass is 16.6. The molecule has 0 spiro atoms. The van der Waals surface area contributed by atoms with Crippen LogP contribution in [0, 0.1) is 10.1 Å². The summed E-state index contributed by atoms with van der Waals surface area (Å²) in [5, 5.41) is 11.2. The molecule has 1 heterocycles. The molecule has 0 saturated carbocycles. The van der Waals surface area contributed by atoms with E-state index >= 15 is 0 Å². The molecule has 0 radical (unpaired) electrons. The molecule has 0 fully saturated rings. The van der Waals surface area contributed by atoms with Crippen molar-refractivity contribution in [3.05, 3.63) is 117 Å². The van der Waals surface area contributed by atoms with Gasteiger partial charge in [-0.05, 0) is 53.6 Å². The summed E-state index contributed by atoms with van der Waals surface area (Å²) in [6.07, 6.45) is 1.56. The Balaban J connectivity index is 1.91. The third-order valence-electron chi connectivity index (χ3n) is 6.08. The van der Waals surface area contributed by atoms with Crippen molar-refractivity contribution in [1.82, 2.24) is 0 Å². The van der Waals surface area contributed by atoms with E-state index in [1.54, 1.807) is 42.4 Å². The Kier molecular flexibility index (Phi) is 8.37. The number of anilines is 1. The van der Waals surface area contributed by atoms with Gasteiger partial charge < -0.3 is 23.8 Å². The number of rotatable bonds is 8. The number of ether oxygens (including phenoxy) is 4. The van der Waals surface area contributed by atoms with Gasteiger partial charge in [0.15, 0.2) is 6.23 Å². The van der Waals surface area contributed by atoms with Crippen LogP contribution in [-0.2, 0) is 23.8 Å². The lowest BCUT2D eigenvalue weighted by Gasteiger charge is -2.41. The minimum Gasteiger partial charge on any atom is -0.497 e. The average molecular weight is 531 g/mol. The molecule has 200 valence electrons. The van der Waals surface area contributed by atoms with E-state index in [4.69, 9.17) is 18.9 Å². The second-order valence-electron chi connectivity index (χ2n) is 8.34. The topological polar surface area (TPSA) is 117 Å². The van der Waals surface area contributed by atoms with Crippen molar-refractivity contribution in [3.8, 4) is 5.75 Å². The largest absolute Gasteiger partial charge is 0.497 e. The van der Waals surface area contributed by atoms with Crippen molar-refractivity contribution in [2.24, 2.45) is 0 Å². The van der Waals surface area contributed by atoms with Crippen molar-refractivity contribution in [2.45, 2.75) is 12.3 Å². The fourth-order valence-electron chi connectivity index (χ4n) is 4.19. The standard InChI is InChI=1S/C29H26N2O8/c1-36-23-16-9-19(10-17-23)11-18-24-30(21-7-5-4-6-8-21)26(29(33)38-3)25(28(32)37-2)27(39-24)20-12-14-22(15-13-20)31(34)35/h4-18,24,27H,1-3H3/b18-11+/t24-,27+/m1/s1. The molecule has 0 aromatic heterocycles. The Labute approximate surface area is 224 Å². The predicted molar refractivity (Wildman–Crippen MR) is 143 cm³/mol. The molecule has 1 aliphatic heterocycles. The Bertz CT molecular complexity index is 1400. The SMILES string of the molecule is COC(=O)C1=C(C(=O)OC)N(c2ccccc2)[C@@H](/C=C/c2ccc(OC)cc2)O[C@H]1c1ccc([N+](=O)[O-])cc1. The first kappa shape index (κ1) is 27.1. The number of nitro groups is 1. The first-order chi connectivity index (χ1) is 18.9. The Morgan fingerprint density at radius 2 is 1.54 bits per heavy atom. The van der Waals surface area contributed by atoms with Gasteiger partial charge in [-0.3, -0.25) is 10.1 Å². The lowest BCUT2D eigenvalue weighted by molar-refractivity contribution is -0.384. The zero-order valence-electron chi connectivity index (χ0n) is 21.5. The molecule has 3 aromatic carbocycles. The first-order valence-electron chi connectivity index (χ1n) is 11.8. The molecular weight excluding hydrogens is 504 g/mol. The molecule has 2 atom stereocenters. The highest BCUT2D eigenvalue weighted by molar-refractivity contribution is 6.04. The lowest BCUT2D eigenvalue weighted by Crippen LogP contribution is -2.46. The van der Waals surface area contributed by atoms with Gasteiger partial charge in [0.05, 0.1) is 26.3 Å². The van der Waals surface area contributed by atoms with Gasteiger partial charge in [0.25, 0.3) is 5.69 Å². The van der Waals surface area contributed by atoms with Crippen LogP contribution in [0.15, 0.2) is 96.2 Å². The minimum absolute atomic E-state index is 0.0745. The molecule has 0 bridgehead atoms. The fraction of sp³-hybridized carbons (Fsp3) is 0.172. The van der Waals surface area contributed by atoms with E-state index in [9.17, 15) is 19.7 Å². The Morgan fingerprint density at radius 1 is 0.897 bits per heavy atom. The zero-order valence-corrected chi connectivity index (χ0v) is 21.5. The number of non-ortho nitro benzene ring substituents is 1. The van der Waals surface area contributed by atoms with Crippen LogP contribution < -0.4 is 9.64 Å². The third kappa shape index (κ3) is 5.81. The molecule has 0 unspecified atom stereocenters. The highest BCUT2D eigenvalue weighted by Gasteiger charge is 2.43. The number of nitro benzene ring substituents is 1. The number of carbonyl (C=O) groups excluding carboxylic acids is 2. The smallest absolute Gasteiger partial charge is 0.355 e. The maximum atomic E-state index is 13.3. The molecule has 0 aliphatic carbocycles. The van der Waals surface area contributed by atoms with Gasteiger partial charge in [-0.1, -0.05) is 36.4 Å². The Hall–Kier alpha value is -4.96. The van der Waals surface area contributed by atoms with Crippen LogP contribution in [0.5, 0.6) is 5.75 Å². The maximum absolute atomic E-state index is 13.3. The van der Waals surface area contributed by atoms with Gasteiger partial charge in [0.1, 0.15) is 23.1 Å². The second kappa shape index (κ2) is 12.1. The summed E-state index contributed by atoms with van der Waals surface area (Å²) in [5.41, 5.74) is 1.50. The van der Waals surface area contributed by atoms with Crippen LogP contribution in [0.4, 0.5) is 11.4 Å². The van der Waals surface area contributed by atoms with Crippen molar-refractivity contribution >= 4 is 29.4 Å². The van der Waals surface area contributed by atoms with Crippen LogP contribution in [0.2, 0.25) is 0 Å². The molecule has 39 heavy (non-hydrogen) atoms. The van der Waals surface area contributed by atoms with Crippen molar-refractivity contribution in [1.29, 1.82) is 0 Å². The van der Waals surface area contributed by atoms with Crippen molar-refractivity contribution < 1.29 is 33.5 Å². The molecule has 0 N–H and O–H groups in total. The summed E-state index contributed by atoms with van der Waals surface area (Å²) in [5.74, 6) is -0.890. The molecule has 4 rings (SSSR count). The van der Waals surface area contributed by atoms with Gasteiger partial charge in [0, 0.05) is 17.8 Å². The van der Waals surface area contributed by atoms with E-state index < -0.39 is 29.2 Å². The number of hydrogen-bond acceptors (Lipinski definition) is 9. The number of hydrogen-bond donors (Lipinski definition) is 0. The summed E-state index contributed by atoms with van der Waals surface area (Å²) in [4.78, 5) is 38.7. The van der Waals surface area contributed by atoms with E-state index in [0.717, 1.165) is 5.56 Å². The van der Waals surface area contributed by atoms with E-state index in [0.29, 0.717) is 17.0 Å². The quantitative estimate of drug-likeness (QED) is 0.229. The van der Waals surface area contributed by atoms with Crippen LogP contribution in [0.3, 0.4) is 0 Å². The number of nitrogens with zero attached hydrogens (tertiary/aromatic N) is 2. The average Bonchev–Trinajstić information content (AvgIpc) is 2.99. The van der Waals surface area contributed by atoms with Crippen LogP contribution in [-0.4, -0.2) is 44.4 Å². The number of benzene rings is 3. The van der Waals surface area contributed by atoms with Gasteiger partial charge in [-0.2, -0.15) is 0 Å². The molecular formula is C29H26N2O8. The van der Waals surface area contributed by atoms with E-state index in [1.165, 1.54) is 38.5 Å². The summed E-state index contributed by atoms with van der Waals surface area (Å²) < 4.78 is 21.8. The summed E-state index contributed by atoms with van der Waals surface area (Å²) >= 11 is 0. The minimum atomic E-state index is -1.10. The Morgan fingerprint density at radius 3 is 2.10 bits per heavy atom. The van der Waals surface area contributed by atoms with Gasteiger partial charge >= 0.3 is 11.9 Å². The number of carbonyl (C=O) groups is 2. The van der Waals surface area contributed by atoms with Crippen molar-refractivity contribution in [2.75, 3.05) is 26.2 Å².